The van der Waals surface area contributed by atoms with E-state index in [9.17, 15) is 14.9 Å². The molecule has 2 aromatic carbocycles. The summed E-state index contributed by atoms with van der Waals surface area (Å²) in [6.07, 6.45) is 2.01. The van der Waals surface area contributed by atoms with Crippen LogP contribution in [0, 0.1) is 11.3 Å². The van der Waals surface area contributed by atoms with Gasteiger partial charge in [-0.25, -0.2) is 4.79 Å². The number of aromatic carboxylic acids is 1. The minimum atomic E-state index is -1.06. The van der Waals surface area contributed by atoms with Crippen LogP contribution in [-0.4, -0.2) is 36.7 Å². The number of hydrogen-bond acceptors (Lipinski definition) is 6. The normalized spacial score (nSPS) is 10.7. The molecule has 31 heavy (non-hydrogen) atoms. The predicted octanol–water partition coefficient (Wildman–Crippen LogP) is 3.36. The second-order valence-corrected chi connectivity index (χ2v) is 6.36. The molecule has 0 atom stereocenters. The van der Waals surface area contributed by atoms with Gasteiger partial charge in [0.25, 0.3) is 5.91 Å². The van der Waals surface area contributed by atoms with Crippen molar-refractivity contribution in [1.82, 2.24) is 5.32 Å². The van der Waals surface area contributed by atoms with Crippen LogP contribution in [0.4, 0.5) is 5.69 Å². The number of carbonyl (C=O) groups excluding carboxylic acids is 1. The fourth-order valence-electron chi connectivity index (χ4n) is 2.68. The first-order valence-corrected chi connectivity index (χ1v) is 9.85. The van der Waals surface area contributed by atoms with Crippen molar-refractivity contribution in [3.05, 3.63) is 65.4 Å². The molecule has 0 heterocycles. The molecule has 0 bridgehead atoms. The van der Waals surface area contributed by atoms with Crippen molar-refractivity contribution >= 4 is 17.6 Å². The first kappa shape index (κ1) is 23.3. The number of hydrogen-bond donors (Lipinski definition) is 3. The van der Waals surface area contributed by atoms with Crippen LogP contribution in [0.1, 0.15) is 29.8 Å². The molecule has 2 rings (SSSR count). The molecule has 162 valence electrons. The highest BCUT2D eigenvalue weighted by Gasteiger charge is 2.10. The summed E-state index contributed by atoms with van der Waals surface area (Å²) in [5, 5.41) is 23.7. The summed E-state index contributed by atoms with van der Waals surface area (Å²) in [6, 6.07) is 13.3. The third-order valence-electron chi connectivity index (χ3n) is 4.17. The Balaban J connectivity index is 1.92. The Hall–Kier alpha value is -3.99. The van der Waals surface area contributed by atoms with Crippen LogP contribution in [0.2, 0.25) is 0 Å². The van der Waals surface area contributed by atoms with Gasteiger partial charge in [0, 0.05) is 18.4 Å². The molecular weight excluding hydrogens is 398 g/mol. The highest BCUT2D eigenvalue weighted by molar-refractivity contribution is 6.06. The number of carbonyl (C=O) groups is 2. The zero-order valence-corrected chi connectivity index (χ0v) is 17.5. The average Bonchev–Trinajstić information content (AvgIpc) is 2.76. The first-order chi connectivity index (χ1) is 15.0. The number of nitriles is 1. The van der Waals surface area contributed by atoms with Crippen LogP contribution < -0.4 is 20.1 Å². The zero-order valence-electron chi connectivity index (χ0n) is 17.5. The minimum absolute atomic E-state index is 0.0935. The first-order valence-electron chi connectivity index (χ1n) is 9.85. The molecule has 0 spiro atoms. The largest absolute Gasteiger partial charge is 0.490 e. The van der Waals surface area contributed by atoms with Crippen molar-refractivity contribution in [2.45, 2.75) is 20.3 Å². The van der Waals surface area contributed by atoms with Gasteiger partial charge in [0.2, 0.25) is 0 Å². The number of nitrogens with one attached hydrogen (secondary N) is 2. The predicted molar refractivity (Wildman–Crippen MR) is 116 cm³/mol. The van der Waals surface area contributed by atoms with Crippen LogP contribution in [0.15, 0.2) is 54.2 Å². The number of carboxylic acids is 1. The van der Waals surface area contributed by atoms with E-state index in [1.54, 1.807) is 0 Å². The molecule has 0 aliphatic heterocycles. The fraction of sp³-hybridized carbons (Fsp3) is 0.261. The van der Waals surface area contributed by atoms with E-state index in [1.807, 2.05) is 38.1 Å². The van der Waals surface area contributed by atoms with Crippen molar-refractivity contribution in [3.8, 4) is 17.6 Å². The van der Waals surface area contributed by atoms with E-state index >= 15 is 0 Å². The monoisotopic (exact) mass is 423 g/mol. The molecule has 0 aromatic heterocycles. The molecule has 2 aromatic rings. The molecule has 8 heteroatoms. The maximum Gasteiger partial charge on any atom is 0.335 e. The molecule has 3 N–H and O–H groups in total. The van der Waals surface area contributed by atoms with Gasteiger partial charge in [-0.1, -0.05) is 6.07 Å². The molecule has 0 aliphatic carbocycles. The van der Waals surface area contributed by atoms with Crippen molar-refractivity contribution < 1.29 is 24.2 Å². The number of benzene rings is 2. The van der Waals surface area contributed by atoms with Crippen LogP contribution in [0.25, 0.3) is 0 Å². The lowest BCUT2D eigenvalue weighted by Crippen LogP contribution is -2.18. The van der Waals surface area contributed by atoms with Crippen LogP contribution in [0.3, 0.4) is 0 Å². The lowest BCUT2D eigenvalue weighted by Gasteiger charge is -2.12. The molecule has 8 nitrogen and oxygen atoms in total. The SMILES string of the molecule is CCOc1ccc(CCN/C=C(/C#N)C(=O)Nc2ccc(C(=O)O)cc2)cc1OCC. The van der Waals surface area contributed by atoms with Gasteiger partial charge in [-0.15, -0.1) is 0 Å². The van der Waals surface area contributed by atoms with E-state index in [0.717, 1.165) is 5.56 Å². The second kappa shape index (κ2) is 11.9. The highest BCUT2D eigenvalue weighted by Crippen LogP contribution is 2.28. The third kappa shape index (κ3) is 7.08. The van der Waals surface area contributed by atoms with Gasteiger partial charge in [-0.2, -0.15) is 5.26 Å². The van der Waals surface area contributed by atoms with Gasteiger partial charge in [0.05, 0.1) is 18.8 Å². The fourth-order valence-corrected chi connectivity index (χ4v) is 2.68. The molecule has 0 saturated heterocycles. The summed E-state index contributed by atoms with van der Waals surface area (Å²) in [6.45, 7) is 5.40. The number of amides is 1. The van der Waals surface area contributed by atoms with Gasteiger partial charge < -0.3 is 25.2 Å². The molecule has 0 unspecified atom stereocenters. The van der Waals surface area contributed by atoms with Gasteiger partial charge in [0.15, 0.2) is 11.5 Å². The Morgan fingerprint density at radius 3 is 2.35 bits per heavy atom. The average molecular weight is 423 g/mol. The summed E-state index contributed by atoms with van der Waals surface area (Å²) < 4.78 is 11.2. The van der Waals surface area contributed by atoms with Crippen molar-refractivity contribution in [2.24, 2.45) is 0 Å². The number of carboxylic acid groups (broad SMARTS) is 1. The summed E-state index contributed by atoms with van der Waals surface area (Å²) in [7, 11) is 0. The molecule has 0 saturated carbocycles. The Labute approximate surface area is 181 Å². The van der Waals surface area contributed by atoms with Gasteiger partial charge in [0.1, 0.15) is 11.6 Å². The third-order valence-corrected chi connectivity index (χ3v) is 4.17. The standard InChI is InChI=1S/C23H25N3O5/c1-3-30-20-10-5-16(13-21(20)31-4-2)11-12-25-15-18(14-24)22(27)26-19-8-6-17(7-9-19)23(28)29/h5-10,13,15,25H,3-4,11-12H2,1-2H3,(H,26,27)(H,28,29)/b18-15-. The van der Waals surface area contributed by atoms with Crippen LogP contribution >= 0.6 is 0 Å². The topological polar surface area (TPSA) is 121 Å². The number of anilines is 1. The van der Waals surface area contributed by atoms with E-state index in [4.69, 9.17) is 14.6 Å². The van der Waals surface area contributed by atoms with Gasteiger partial charge >= 0.3 is 5.97 Å². The quantitative estimate of drug-likeness (QED) is 0.288. The van der Waals surface area contributed by atoms with E-state index in [2.05, 4.69) is 10.6 Å². The molecule has 0 fully saturated rings. The van der Waals surface area contributed by atoms with E-state index in [0.29, 0.717) is 43.4 Å². The second-order valence-electron chi connectivity index (χ2n) is 6.36. The zero-order chi connectivity index (χ0) is 22.6. The van der Waals surface area contributed by atoms with Gasteiger partial charge in [-0.05, 0) is 62.2 Å². The number of ether oxygens (including phenoxy) is 2. The maximum atomic E-state index is 12.3. The van der Waals surface area contributed by atoms with Crippen molar-refractivity contribution in [3.63, 3.8) is 0 Å². The number of nitrogens with zero attached hydrogens (tertiary/aromatic N) is 1. The van der Waals surface area contributed by atoms with Crippen molar-refractivity contribution in [1.29, 1.82) is 5.26 Å². The molecule has 1 amide bonds. The summed E-state index contributed by atoms with van der Waals surface area (Å²) in [5.41, 5.74) is 1.43. The maximum absolute atomic E-state index is 12.3. The molecule has 0 radical (unpaired) electrons. The van der Waals surface area contributed by atoms with Gasteiger partial charge in [-0.3, -0.25) is 4.79 Å². The lowest BCUT2D eigenvalue weighted by molar-refractivity contribution is -0.112. The Bertz CT molecular complexity index is 978. The molecule has 0 aliphatic rings. The summed E-state index contributed by atoms with van der Waals surface area (Å²) in [5.74, 6) is -0.262. The Morgan fingerprint density at radius 2 is 1.74 bits per heavy atom. The smallest absolute Gasteiger partial charge is 0.335 e. The number of rotatable bonds is 11. The van der Waals surface area contributed by atoms with E-state index in [-0.39, 0.29) is 11.1 Å². The van der Waals surface area contributed by atoms with Crippen molar-refractivity contribution in [2.75, 3.05) is 25.1 Å². The lowest BCUT2D eigenvalue weighted by atomic mass is 10.1. The van der Waals surface area contributed by atoms with E-state index in [1.165, 1.54) is 30.5 Å². The Morgan fingerprint density at radius 1 is 1.06 bits per heavy atom. The molecular formula is C23H25N3O5. The van der Waals surface area contributed by atoms with Crippen LogP contribution in [0.5, 0.6) is 11.5 Å². The Kier molecular flexibility index (Phi) is 8.92. The highest BCUT2D eigenvalue weighted by atomic mass is 16.5. The summed E-state index contributed by atoms with van der Waals surface area (Å²) >= 11 is 0. The van der Waals surface area contributed by atoms with E-state index < -0.39 is 11.9 Å². The summed E-state index contributed by atoms with van der Waals surface area (Å²) in [4.78, 5) is 23.1. The van der Waals surface area contributed by atoms with Crippen LogP contribution in [-0.2, 0) is 11.2 Å². The minimum Gasteiger partial charge on any atom is -0.490 e.